The lowest BCUT2D eigenvalue weighted by Gasteiger charge is -2.22. The van der Waals surface area contributed by atoms with E-state index in [9.17, 15) is 0 Å². The predicted molar refractivity (Wildman–Crippen MR) is 81.8 cm³/mol. The zero-order chi connectivity index (χ0) is 13.9. The number of ether oxygens (including phenoxy) is 1. The number of hydrogen-bond donors (Lipinski definition) is 1. The molecule has 2 N–H and O–H groups in total. The van der Waals surface area contributed by atoms with E-state index in [0.29, 0.717) is 6.61 Å². The summed E-state index contributed by atoms with van der Waals surface area (Å²) in [6.07, 6.45) is 3.41. The molecule has 2 aromatic carbocycles. The molecule has 1 unspecified atom stereocenters. The molecule has 0 bridgehead atoms. The molecular weight excluding hydrogens is 246 g/mol. The number of fused-ring (bicyclic) bond motifs is 1. The van der Waals surface area contributed by atoms with E-state index < -0.39 is 0 Å². The Morgan fingerprint density at radius 1 is 1.20 bits per heavy atom. The van der Waals surface area contributed by atoms with E-state index in [0.717, 1.165) is 18.6 Å². The maximum Gasteiger partial charge on any atom is 0.120 e. The molecule has 2 nitrogen and oxygen atoms in total. The van der Waals surface area contributed by atoms with Gasteiger partial charge in [0.05, 0.1) is 0 Å². The van der Waals surface area contributed by atoms with Crippen LogP contribution in [0.15, 0.2) is 42.5 Å². The van der Waals surface area contributed by atoms with Gasteiger partial charge in [-0.1, -0.05) is 30.3 Å². The first-order valence-electron chi connectivity index (χ1n) is 7.30. The third-order valence-corrected chi connectivity index (χ3v) is 4.13. The summed E-state index contributed by atoms with van der Waals surface area (Å²) in [7, 11) is 0. The Labute approximate surface area is 120 Å². The lowest BCUT2D eigenvalue weighted by atomic mass is 9.88. The van der Waals surface area contributed by atoms with Gasteiger partial charge >= 0.3 is 0 Å². The van der Waals surface area contributed by atoms with Gasteiger partial charge in [0.2, 0.25) is 0 Å². The third-order valence-electron chi connectivity index (χ3n) is 4.13. The second-order valence-electron chi connectivity index (χ2n) is 5.57. The number of benzene rings is 2. The summed E-state index contributed by atoms with van der Waals surface area (Å²) in [5.41, 5.74) is 11.3. The van der Waals surface area contributed by atoms with Gasteiger partial charge in [-0.2, -0.15) is 0 Å². The molecule has 1 atom stereocenters. The molecule has 0 heterocycles. The van der Waals surface area contributed by atoms with E-state index in [4.69, 9.17) is 10.5 Å². The molecule has 1 aliphatic rings. The van der Waals surface area contributed by atoms with E-state index in [-0.39, 0.29) is 6.04 Å². The summed E-state index contributed by atoms with van der Waals surface area (Å²) in [4.78, 5) is 0. The van der Waals surface area contributed by atoms with Crippen molar-refractivity contribution in [2.24, 2.45) is 5.73 Å². The highest BCUT2D eigenvalue weighted by molar-refractivity contribution is 5.39. The van der Waals surface area contributed by atoms with E-state index in [2.05, 4.69) is 49.4 Å². The zero-order valence-electron chi connectivity index (χ0n) is 11.9. The molecule has 0 aliphatic heterocycles. The minimum absolute atomic E-state index is 0.167. The van der Waals surface area contributed by atoms with Crippen molar-refractivity contribution >= 4 is 0 Å². The highest BCUT2D eigenvalue weighted by Crippen LogP contribution is 2.31. The molecule has 0 saturated heterocycles. The van der Waals surface area contributed by atoms with Gasteiger partial charge in [-0.05, 0) is 60.6 Å². The summed E-state index contributed by atoms with van der Waals surface area (Å²) in [6.45, 7) is 2.72. The van der Waals surface area contributed by atoms with Crippen LogP contribution < -0.4 is 10.5 Å². The van der Waals surface area contributed by atoms with Gasteiger partial charge in [-0.15, -0.1) is 0 Å². The molecule has 3 rings (SSSR count). The summed E-state index contributed by atoms with van der Waals surface area (Å²) in [5, 5.41) is 0. The number of rotatable bonds is 3. The fourth-order valence-corrected chi connectivity index (χ4v) is 2.84. The number of aryl methyl sites for hydroxylation is 2. The highest BCUT2D eigenvalue weighted by atomic mass is 16.5. The first kappa shape index (κ1) is 13.2. The molecule has 0 saturated carbocycles. The second kappa shape index (κ2) is 5.68. The quantitative estimate of drug-likeness (QED) is 0.915. The van der Waals surface area contributed by atoms with Crippen LogP contribution in [0.5, 0.6) is 5.75 Å². The molecule has 2 aromatic rings. The van der Waals surface area contributed by atoms with Crippen molar-refractivity contribution < 1.29 is 4.74 Å². The van der Waals surface area contributed by atoms with Crippen LogP contribution in [0.25, 0.3) is 0 Å². The molecule has 0 aromatic heterocycles. The van der Waals surface area contributed by atoms with E-state index in [1.54, 1.807) is 0 Å². The van der Waals surface area contributed by atoms with Crippen LogP contribution in [0.3, 0.4) is 0 Å². The first-order chi connectivity index (χ1) is 9.74. The van der Waals surface area contributed by atoms with Crippen LogP contribution in [0.4, 0.5) is 0 Å². The Morgan fingerprint density at radius 2 is 2.05 bits per heavy atom. The average Bonchev–Trinajstić information content (AvgIpc) is 2.47. The summed E-state index contributed by atoms with van der Waals surface area (Å²) in [6, 6.07) is 14.8. The van der Waals surface area contributed by atoms with E-state index in [1.165, 1.54) is 28.7 Å². The van der Waals surface area contributed by atoms with Gasteiger partial charge in [0.15, 0.2) is 0 Å². The highest BCUT2D eigenvalue weighted by Gasteiger charge is 2.17. The lowest BCUT2D eigenvalue weighted by Crippen LogP contribution is -2.17. The summed E-state index contributed by atoms with van der Waals surface area (Å²) >= 11 is 0. The standard InChI is InChI=1S/C18H21NO/c1-13-5-2-3-6-15(13)12-20-16-10-9-14-7-4-8-18(19)17(14)11-16/h2-3,5-6,9-11,18H,4,7-8,12,19H2,1H3. The van der Waals surface area contributed by atoms with E-state index in [1.807, 2.05) is 0 Å². The van der Waals surface area contributed by atoms with Crippen LogP contribution in [-0.4, -0.2) is 0 Å². The van der Waals surface area contributed by atoms with Crippen molar-refractivity contribution in [2.75, 3.05) is 0 Å². The monoisotopic (exact) mass is 267 g/mol. The Morgan fingerprint density at radius 3 is 2.90 bits per heavy atom. The second-order valence-corrected chi connectivity index (χ2v) is 5.57. The van der Waals surface area contributed by atoms with Gasteiger partial charge in [0.1, 0.15) is 12.4 Å². The fraction of sp³-hybridized carbons (Fsp3) is 0.333. The maximum absolute atomic E-state index is 6.19. The van der Waals surface area contributed by atoms with Gasteiger partial charge < -0.3 is 10.5 Å². The van der Waals surface area contributed by atoms with Crippen molar-refractivity contribution in [3.63, 3.8) is 0 Å². The van der Waals surface area contributed by atoms with Gasteiger partial charge in [0, 0.05) is 6.04 Å². The Balaban J connectivity index is 1.75. The summed E-state index contributed by atoms with van der Waals surface area (Å²) < 4.78 is 5.93. The van der Waals surface area contributed by atoms with Crippen LogP contribution >= 0.6 is 0 Å². The van der Waals surface area contributed by atoms with Gasteiger partial charge in [-0.25, -0.2) is 0 Å². The predicted octanol–water partition coefficient (Wildman–Crippen LogP) is 3.91. The van der Waals surface area contributed by atoms with Crippen molar-refractivity contribution in [3.05, 3.63) is 64.7 Å². The molecule has 2 heteroatoms. The number of hydrogen-bond acceptors (Lipinski definition) is 2. The maximum atomic E-state index is 6.19. The Hall–Kier alpha value is -1.80. The topological polar surface area (TPSA) is 35.2 Å². The Bertz CT molecular complexity index is 606. The van der Waals surface area contributed by atoms with Crippen molar-refractivity contribution in [2.45, 2.75) is 38.8 Å². The van der Waals surface area contributed by atoms with Crippen LogP contribution in [-0.2, 0) is 13.0 Å². The van der Waals surface area contributed by atoms with Crippen molar-refractivity contribution in [1.29, 1.82) is 0 Å². The average molecular weight is 267 g/mol. The lowest BCUT2D eigenvalue weighted by molar-refractivity contribution is 0.304. The van der Waals surface area contributed by atoms with Gasteiger partial charge in [0.25, 0.3) is 0 Å². The minimum Gasteiger partial charge on any atom is -0.489 e. The van der Waals surface area contributed by atoms with Crippen LogP contribution in [0.2, 0.25) is 0 Å². The first-order valence-corrected chi connectivity index (χ1v) is 7.30. The molecule has 0 spiro atoms. The van der Waals surface area contributed by atoms with Gasteiger partial charge in [-0.3, -0.25) is 0 Å². The summed E-state index contributed by atoms with van der Waals surface area (Å²) in [5.74, 6) is 0.921. The minimum atomic E-state index is 0.167. The largest absolute Gasteiger partial charge is 0.489 e. The molecule has 0 radical (unpaired) electrons. The molecule has 0 amide bonds. The van der Waals surface area contributed by atoms with Crippen LogP contribution in [0, 0.1) is 6.92 Å². The smallest absolute Gasteiger partial charge is 0.120 e. The normalized spacial score (nSPS) is 17.6. The van der Waals surface area contributed by atoms with Crippen LogP contribution in [0.1, 0.15) is 41.1 Å². The zero-order valence-corrected chi connectivity index (χ0v) is 11.9. The molecule has 0 fully saturated rings. The molecule has 20 heavy (non-hydrogen) atoms. The fourth-order valence-electron chi connectivity index (χ4n) is 2.84. The van der Waals surface area contributed by atoms with Crippen molar-refractivity contribution in [3.8, 4) is 5.75 Å². The third kappa shape index (κ3) is 2.70. The van der Waals surface area contributed by atoms with E-state index >= 15 is 0 Å². The number of nitrogens with two attached hydrogens (primary N) is 1. The van der Waals surface area contributed by atoms with Crippen molar-refractivity contribution in [1.82, 2.24) is 0 Å². The Kier molecular flexibility index (Phi) is 3.75. The molecule has 1 aliphatic carbocycles. The molecule has 104 valence electrons. The SMILES string of the molecule is Cc1ccccc1COc1ccc2c(c1)C(N)CCC2. The molecular formula is C18H21NO.